The molecular weight excluding hydrogens is 190 g/mol. The number of methoxy groups -OCH3 is 1. The fourth-order valence-corrected chi connectivity index (χ4v) is 1.49. The van der Waals surface area contributed by atoms with Gasteiger partial charge < -0.3 is 25.1 Å². The first-order chi connectivity index (χ1) is 6.57. The third kappa shape index (κ3) is 1.04. The number of epoxide rings is 1. The summed E-state index contributed by atoms with van der Waals surface area (Å²) in [5.74, 6) is -1.15. The van der Waals surface area contributed by atoms with E-state index in [0.29, 0.717) is 0 Å². The van der Waals surface area contributed by atoms with E-state index in [4.69, 9.17) is 10.1 Å². The van der Waals surface area contributed by atoms with E-state index in [1.165, 1.54) is 0 Å². The van der Waals surface area contributed by atoms with E-state index in [1.54, 1.807) is 0 Å². The average molecular weight is 199 g/mol. The highest BCUT2D eigenvalue weighted by atomic mass is 16.6. The van der Waals surface area contributed by atoms with Crippen LogP contribution < -0.4 is 0 Å². The van der Waals surface area contributed by atoms with Gasteiger partial charge in [-0.15, -0.1) is 0 Å². The van der Waals surface area contributed by atoms with Crippen molar-refractivity contribution >= 4 is 11.7 Å². The number of carbonyl (C=O) groups excluding carboxylic acids is 1. The van der Waals surface area contributed by atoms with Gasteiger partial charge in [-0.05, 0) is 0 Å². The van der Waals surface area contributed by atoms with Crippen LogP contribution in [-0.4, -0.2) is 47.3 Å². The molecule has 3 unspecified atom stereocenters. The lowest BCUT2D eigenvalue weighted by Gasteiger charge is -2.16. The van der Waals surface area contributed by atoms with Gasteiger partial charge in [0.15, 0.2) is 0 Å². The van der Waals surface area contributed by atoms with Crippen molar-refractivity contribution in [1.29, 1.82) is 5.41 Å². The number of hydrogen-bond acceptors (Lipinski definition) is 6. The van der Waals surface area contributed by atoms with Gasteiger partial charge >= 0.3 is 5.97 Å². The summed E-state index contributed by atoms with van der Waals surface area (Å²) in [6.45, 7) is 0. The first-order valence-corrected chi connectivity index (χ1v) is 4.01. The third-order valence-corrected chi connectivity index (χ3v) is 2.32. The summed E-state index contributed by atoms with van der Waals surface area (Å²) in [6, 6.07) is 0. The number of aliphatic hydroxyl groups is 2. The molecule has 1 heterocycles. The maximum atomic E-state index is 11.1. The maximum absolute atomic E-state index is 11.1. The Hall–Kier alpha value is -1.40. The van der Waals surface area contributed by atoms with E-state index in [-0.39, 0.29) is 17.0 Å². The molecule has 0 radical (unpaired) electrons. The normalized spacial score (nSPS) is 35.3. The molecule has 2 rings (SSSR count). The molecule has 3 N–H and O–H groups in total. The van der Waals surface area contributed by atoms with E-state index in [2.05, 4.69) is 4.74 Å². The first kappa shape index (κ1) is 9.17. The summed E-state index contributed by atoms with van der Waals surface area (Å²) in [5.41, 5.74) is -0.646. The van der Waals surface area contributed by atoms with E-state index >= 15 is 0 Å². The molecule has 1 fully saturated rings. The Morgan fingerprint density at radius 2 is 2.29 bits per heavy atom. The van der Waals surface area contributed by atoms with E-state index in [9.17, 15) is 15.0 Å². The van der Waals surface area contributed by atoms with Gasteiger partial charge in [0.2, 0.25) is 0 Å². The smallest absolute Gasteiger partial charge is 0.343 e. The van der Waals surface area contributed by atoms with Crippen molar-refractivity contribution < 1.29 is 24.5 Å². The fraction of sp³-hybridized carbons (Fsp3) is 0.500. The number of aliphatic hydroxyl groups excluding tert-OH is 2. The van der Waals surface area contributed by atoms with Crippen LogP contribution in [0.4, 0.5) is 0 Å². The topological polar surface area (TPSA) is 103 Å². The van der Waals surface area contributed by atoms with Crippen LogP contribution in [0.1, 0.15) is 0 Å². The molecule has 0 aromatic heterocycles. The first-order valence-electron chi connectivity index (χ1n) is 4.01. The number of rotatable bonds is 1. The van der Waals surface area contributed by atoms with Gasteiger partial charge in [-0.3, -0.25) is 0 Å². The van der Waals surface area contributed by atoms with Crippen LogP contribution in [0.25, 0.3) is 0 Å². The van der Waals surface area contributed by atoms with Crippen molar-refractivity contribution in [2.75, 3.05) is 7.11 Å². The summed E-state index contributed by atoms with van der Waals surface area (Å²) >= 11 is 0. The van der Waals surface area contributed by atoms with Crippen LogP contribution in [0.3, 0.4) is 0 Å². The molecule has 0 amide bonds. The van der Waals surface area contributed by atoms with Gasteiger partial charge in [0.1, 0.15) is 29.6 Å². The van der Waals surface area contributed by atoms with Crippen molar-refractivity contribution in [2.24, 2.45) is 0 Å². The molecule has 0 aromatic carbocycles. The summed E-state index contributed by atoms with van der Waals surface area (Å²) in [6.07, 6.45) is -2.41. The van der Waals surface area contributed by atoms with Gasteiger partial charge in [0.25, 0.3) is 0 Å². The lowest BCUT2D eigenvalue weighted by molar-refractivity contribution is -0.135. The molecular formula is C8H9NO5. The summed E-state index contributed by atoms with van der Waals surface area (Å²) in [4.78, 5) is 11.1. The van der Waals surface area contributed by atoms with E-state index < -0.39 is 24.3 Å². The molecule has 6 nitrogen and oxygen atoms in total. The molecule has 2 aliphatic rings. The van der Waals surface area contributed by atoms with Crippen LogP contribution in [0.5, 0.6) is 0 Å². The summed E-state index contributed by atoms with van der Waals surface area (Å²) in [7, 11) is 1.14. The van der Waals surface area contributed by atoms with Gasteiger partial charge in [0.05, 0.1) is 12.8 Å². The number of nitrogens with one attached hydrogen (secondary N) is 1. The highest BCUT2D eigenvalue weighted by Crippen LogP contribution is 2.38. The minimum atomic E-state index is -1.16. The molecule has 0 aromatic rings. The maximum Gasteiger partial charge on any atom is 0.343 e. The number of hydrogen-bond donors (Lipinski definition) is 3. The number of fused-ring (bicyclic) bond motifs is 1. The molecule has 0 saturated carbocycles. The second kappa shape index (κ2) is 2.79. The predicted molar refractivity (Wildman–Crippen MR) is 44.1 cm³/mol. The zero-order chi connectivity index (χ0) is 10.5. The third-order valence-electron chi connectivity index (χ3n) is 2.32. The SMILES string of the molecule is COC(=O)C1=C(O)C2OC2C(O)C1=N. The van der Waals surface area contributed by atoms with Crippen molar-refractivity contribution in [3.8, 4) is 0 Å². The van der Waals surface area contributed by atoms with Gasteiger partial charge in [-0.2, -0.15) is 0 Å². The van der Waals surface area contributed by atoms with Crippen LogP contribution in [-0.2, 0) is 14.3 Å². The molecule has 1 aliphatic heterocycles. The number of carbonyl (C=O) groups is 1. The Morgan fingerprint density at radius 3 is 2.86 bits per heavy atom. The van der Waals surface area contributed by atoms with Gasteiger partial charge in [-0.25, -0.2) is 4.79 Å². The Morgan fingerprint density at radius 1 is 1.64 bits per heavy atom. The lowest BCUT2D eigenvalue weighted by Crippen LogP contribution is -2.37. The average Bonchev–Trinajstić information content (AvgIpc) is 2.94. The number of esters is 1. The van der Waals surface area contributed by atoms with E-state index in [0.717, 1.165) is 7.11 Å². The fourth-order valence-electron chi connectivity index (χ4n) is 1.49. The Labute approximate surface area is 79.3 Å². The van der Waals surface area contributed by atoms with Crippen molar-refractivity contribution in [3.63, 3.8) is 0 Å². The Kier molecular flexibility index (Phi) is 1.83. The van der Waals surface area contributed by atoms with Crippen molar-refractivity contribution in [1.82, 2.24) is 0 Å². The molecule has 6 heteroatoms. The zero-order valence-corrected chi connectivity index (χ0v) is 7.35. The van der Waals surface area contributed by atoms with Crippen LogP contribution >= 0.6 is 0 Å². The van der Waals surface area contributed by atoms with Crippen molar-refractivity contribution in [2.45, 2.75) is 18.3 Å². The number of ether oxygens (including phenoxy) is 2. The highest BCUT2D eigenvalue weighted by molar-refractivity contribution is 6.21. The highest BCUT2D eigenvalue weighted by Gasteiger charge is 2.55. The Bertz CT molecular complexity index is 348. The van der Waals surface area contributed by atoms with Crippen LogP contribution in [0.15, 0.2) is 11.3 Å². The molecule has 1 saturated heterocycles. The Balaban J connectivity index is 2.40. The monoisotopic (exact) mass is 199 g/mol. The van der Waals surface area contributed by atoms with Crippen LogP contribution in [0.2, 0.25) is 0 Å². The minimum Gasteiger partial charge on any atom is -0.508 e. The molecule has 76 valence electrons. The molecule has 0 spiro atoms. The molecule has 3 atom stereocenters. The van der Waals surface area contributed by atoms with Crippen molar-refractivity contribution in [3.05, 3.63) is 11.3 Å². The zero-order valence-electron chi connectivity index (χ0n) is 7.35. The minimum absolute atomic E-state index is 0.293. The summed E-state index contributed by atoms with van der Waals surface area (Å²) in [5, 5.41) is 26.3. The summed E-state index contributed by atoms with van der Waals surface area (Å²) < 4.78 is 9.27. The second-order valence-corrected chi connectivity index (χ2v) is 3.13. The predicted octanol–water partition coefficient (Wildman–Crippen LogP) is -0.867. The largest absolute Gasteiger partial charge is 0.508 e. The molecule has 1 aliphatic carbocycles. The standard InChI is InChI=1S/C8H9NO5/c1-13-8(12)2-3(9)5(11)7-6(14-7)4(2)10/h5-7,9-11H,1H3. The molecule has 14 heavy (non-hydrogen) atoms. The van der Waals surface area contributed by atoms with Gasteiger partial charge in [0, 0.05) is 0 Å². The second-order valence-electron chi connectivity index (χ2n) is 3.13. The quantitative estimate of drug-likeness (QED) is 0.376. The van der Waals surface area contributed by atoms with Crippen LogP contribution in [0, 0.1) is 5.41 Å². The molecule has 0 bridgehead atoms. The van der Waals surface area contributed by atoms with Gasteiger partial charge in [-0.1, -0.05) is 0 Å². The van der Waals surface area contributed by atoms with E-state index in [1.807, 2.05) is 0 Å². The lowest BCUT2D eigenvalue weighted by atomic mass is 9.93.